The van der Waals surface area contributed by atoms with Gasteiger partial charge >= 0.3 is 12.1 Å². The number of carbonyl (C=O) groups excluding carboxylic acids is 3. The number of carbonyl (C=O) groups is 3. The van der Waals surface area contributed by atoms with E-state index in [4.69, 9.17) is 24.7 Å². The number of sulfonamides is 1. The summed E-state index contributed by atoms with van der Waals surface area (Å²) in [4.78, 5) is 50.8. The van der Waals surface area contributed by atoms with Crippen LogP contribution in [0.4, 0.5) is 9.59 Å². The number of methoxy groups -OCH3 is 2. The highest BCUT2D eigenvalue weighted by atomic mass is 32.2. The van der Waals surface area contributed by atoms with Crippen molar-refractivity contribution >= 4 is 28.1 Å². The molecule has 2 aromatic carbocycles. The van der Waals surface area contributed by atoms with Crippen molar-refractivity contribution in [3.8, 4) is 28.9 Å². The molecule has 3 N–H and O–H groups in total. The van der Waals surface area contributed by atoms with Crippen LogP contribution in [0.25, 0.3) is 11.4 Å². The first kappa shape index (κ1) is 38.1. The molecule has 3 aromatic rings. The average Bonchev–Trinajstić information content (AvgIpc) is 3.93. The van der Waals surface area contributed by atoms with Gasteiger partial charge in [0, 0.05) is 25.1 Å². The number of unbranched alkanes of at least 4 members (excludes halogenated alkanes) is 4. The number of benzene rings is 2. The Morgan fingerprint density at radius 3 is 2.29 bits per heavy atom. The van der Waals surface area contributed by atoms with Crippen molar-refractivity contribution < 1.29 is 41.7 Å². The molecule has 52 heavy (non-hydrogen) atoms. The lowest BCUT2D eigenvalue weighted by atomic mass is 10.1. The Bertz CT molecular complexity index is 1770. The fourth-order valence-electron chi connectivity index (χ4n) is 5.90. The smallest absolute Gasteiger partial charge is 0.420 e. The van der Waals surface area contributed by atoms with Gasteiger partial charge < -0.3 is 34.5 Å². The normalized spacial score (nSPS) is 16.9. The van der Waals surface area contributed by atoms with Gasteiger partial charge in [0.2, 0.25) is 27.7 Å². The van der Waals surface area contributed by atoms with Gasteiger partial charge in [-0.05, 0) is 43.4 Å². The number of urea groups is 1. The minimum Gasteiger partial charge on any atom is -0.497 e. The van der Waals surface area contributed by atoms with Crippen molar-refractivity contribution in [1.82, 2.24) is 24.5 Å². The molecular weight excluding hydrogens is 692 g/mol. The molecule has 2 fully saturated rings. The highest BCUT2D eigenvalue weighted by molar-refractivity contribution is 7.90. The van der Waals surface area contributed by atoms with Crippen LogP contribution in [0.15, 0.2) is 60.7 Å². The van der Waals surface area contributed by atoms with Gasteiger partial charge in [-0.25, -0.2) is 22.7 Å². The van der Waals surface area contributed by atoms with Crippen molar-refractivity contribution in [2.75, 3.05) is 33.9 Å². The Balaban J connectivity index is 1.18. The maximum Gasteiger partial charge on any atom is 0.420 e. The molecule has 1 aromatic heterocycles. The summed E-state index contributed by atoms with van der Waals surface area (Å²) >= 11 is 0. The van der Waals surface area contributed by atoms with Crippen LogP contribution >= 0.6 is 0 Å². The summed E-state index contributed by atoms with van der Waals surface area (Å²) in [6, 6.07) is 17.2. The van der Waals surface area contributed by atoms with E-state index in [0.29, 0.717) is 56.2 Å². The maximum atomic E-state index is 14.2. The van der Waals surface area contributed by atoms with Gasteiger partial charge in [0.25, 0.3) is 0 Å². The van der Waals surface area contributed by atoms with Crippen LogP contribution in [-0.2, 0) is 26.1 Å². The molecule has 4 amide bonds. The topological polar surface area (TPSA) is 193 Å². The summed E-state index contributed by atoms with van der Waals surface area (Å²) in [7, 11) is -0.553. The van der Waals surface area contributed by atoms with Crippen LogP contribution in [0, 0.1) is 0 Å². The van der Waals surface area contributed by atoms with Crippen LogP contribution in [0.2, 0.25) is 0 Å². The maximum absolute atomic E-state index is 14.2. The van der Waals surface area contributed by atoms with Gasteiger partial charge in [-0.3, -0.25) is 4.79 Å². The number of ether oxygens (including phenoxy) is 4. The third kappa shape index (κ3) is 10.7. The molecule has 2 aliphatic rings. The number of primary amides is 1. The lowest BCUT2D eigenvalue weighted by Gasteiger charge is -2.31. The summed E-state index contributed by atoms with van der Waals surface area (Å²) in [5.41, 5.74) is 7.49. The Hall–Kier alpha value is -5.12. The Morgan fingerprint density at radius 1 is 0.923 bits per heavy atom. The predicted molar refractivity (Wildman–Crippen MR) is 191 cm³/mol. The zero-order valence-electron chi connectivity index (χ0n) is 29.4. The number of nitrogens with one attached hydrogen (secondary N) is 1. The molecule has 280 valence electrons. The van der Waals surface area contributed by atoms with E-state index in [1.165, 1.54) is 12.0 Å². The predicted octanol–water partition coefficient (Wildman–Crippen LogP) is 4.26. The Kier molecular flexibility index (Phi) is 13.1. The van der Waals surface area contributed by atoms with Crippen molar-refractivity contribution in [3.05, 3.63) is 66.2 Å². The van der Waals surface area contributed by atoms with E-state index < -0.39 is 39.4 Å². The van der Waals surface area contributed by atoms with Gasteiger partial charge in [0.1, 0.15) is 17.9 Å². The van der Waals surface area contributed by atoms with E-state index in [9.17, 15) is 22.8 Å². The molecule has 2 heterocycles. The molecule has 1 saturated carbocycles. The van der Waals surface area contributed by atoms with Crippen LogP contribution < -0.4 is 24.7 Å². The number of likely N-dealkylation sites (tertiary alicyclic amines) is 1. The van der Waals surface area contributed by atoms with Gasteiger partial charge in [-0.1, -0.05) is 61.7 Å². The minimum atomic E-state index is -3.64. The summed E-state index contributed by atoms with van der Waals surface area (Å²) in [6.45, 7) is 0.941. The zero-order valence-corrected chi connectivity index (χ0v) is 30.3. The Labute approximate surface area is 303 Å². The first-order valence-electron chi connectivity index (χ1n) is 17.4. The molecule has 0 bridgehead atoms. The number of amides is 4. The van der Waals surface area contributed by atoms with Crippen LogP contribution in [0.3, 0.4) is 0 Å². The standard InChI is InChI=1S/C36H46N6O9S/c1-48-27-15-13-25(14-16-27)23-41(19-9-4-3-5-10-20-50-35(44)40-52(46,47)29-17-18-29)36(45)42-24-28(21-30(42)33(37)43)51-32-22-31(49-2)38-34(39-32)26-11-7-6-8-12-26/h6-8,11-16,22,28-30H,3-5,9-10,17-21,23-24H2,1-2H3,(H2,37,43)(H,40,44)/t28-,30+/m1/s1. The average molecular weight is 739 g/mol. The van der Waals surface area contributed by atoms with Crippen LogP contribution in [0.5, 0.6) is 17.5 Å². The molecule has 0 unspecified atom stereocenters. The van der Waals surface area contributed by atoms with Crippen LogP contribution in [0.1, 0.15) is 56.9 Å². The second-order valence-corrected chi connectivity index (χ2v) is 14.7. The third-order valence-electron chi connectivity index (χ3n) is 8.84. The number of nitrogens with zero attached hydrogens (tertiary/aromatic N) is 4. The van der Waals surface area contributed by atoms with E-state index in [-0.39, 0.29) is 31.5 Å². The van der Waals surface area contributed by atoms with Crippen molar-refractivity contribution in [3.63, 3.8) is 0 Å². The van der Waals surface area contributed by atoms with Crippen molar-refractivity contribution in [1.29, 1.82) is 0 Å². The third-order valence-corrected chi connectivity index (χ3v) is 10.6. The summed E-state index contributed by atoms with van der Waals surface area (Å²) < 4.78 is 47.6. The van der Waals surface area contributed by atoms with Gasteiger partial charge in [0.15, 0.2) is 5.82 Å². The second-order valence-electron chi connectivity index (χ2n) is 12.8. The molecule has 15 nitrogen and oxygen atoms in total. The summed E-state index contributed by atoms with van der Waals surface area (Å²) in [6.07, 6.45) is 3.41. The fraction of sp³-hybridized carbons (Fsp3) is 0.472. The van der Waals surface area contributed by atoms with E-state index >= 15 is 0 Å². The molecule has 1 saturated heterocycles. The largest absolute Gasteiger partial charge is 0.497 e. The van der Waals surface area contributed by atoms with E-state index in [1.807, 2.05) is 59.3 Å². The highest BCUT2D eigenvalue weighted by Crippen LogP contribution is 2.29. The molecular formula is C36H46N6O9S. The number of hydrogen-bond acceptors (Lipinski definition) is 11. The molecule has 2 atom stereocenters. The minimum absolute atomic E-state index is 0.107. The first-order chi connectivity index (χ1) is 25.1. The quantitative estimate of drug-likeness (QED) is 0.177. The number of hydrogen-bond donors (Lipinski definition) is 2. The summed E-state index contributed by atoms with van der Waals surface area (Å²) in [5.74, 6) is 1.03. The van der Waals surface area contributed by atoms with Crippen molar-refractivity contribution in [2.24, 2.45) is 5.73 Å². The van der Waals surface area contributed by atoms with Crippen molar-refractivity contribution in [2.45, 2.75) is 75.3 Å². The molecule has 1 aliphatic heterocycles. The molecule has 16 heteroatoms. The van der Waals surface area contributed by atoms with Gasteiger partial charge in [0.05, 0.1) is 38.7 Å². The highest BCUT2D eigenvalue weighted by Gasteiger charge is 2.42. The fourth-order valence-corrected chi connectivity index (χ4v) is 7.12. The van der Waals surface area contributed by atoms with E-state index in [2.05, 4.69) is 9.97 Å². The molecule has 0 spiro atoms. The molecule has 5 rings (SSSR count). The van der Waals surface area contributed by atoms with E-state index in [0.717, 1.165) is 30.4 Å². The monoisotopic (exact) mass is 738 g/mol. The lowest BCUT2D eigenvalue weighted by Crippen LogP contribution is -2.49. The summed E-state index contributed by atoms with van der Waals surface area (Å²) in [5, 5.41) is -0.499. The number of aromatic nitrogens is 2. The van der Waals surface area contributed by atoms with Gasteiger partial charge in [-0.2, -0.15) is 9.97 Å². The van der Waals surface area contributed by atoms with E-state index in [1.54, 1.807) is 18.1 Å². The first-order valence-corrected chi connectivity index (χ1v) is 18.9. The number of rotatable bonds is 18. The second kappa shape index (κ2) is 17.9. The SMILES string of the molecule is COc1ccc(CN(CCCCCCCOC(=O)NS(=O)(=O)C2CC2)C(=O)N2C[C@H](Oc3cc(OC)nc(-c4ccccc4)n3)C[C@H]2C(N)=O)cc1. The van der Waals surface area contributed by atoms with Crippen LogP contribution in [-0.4, -0.2) is 97.5 Å². The zero-order chi connectivity index (χ0) is 37.1. The van der Waals surface area contributed by atoms with Gasteiger partial charge in [-0.15, -0.1) is 0 Å². The molecule has 1 aliphatic carbocycles. The molecule has 0 radical (unpaired) electrons. The number of nitrogens with two attached hydrogens (primary N) is 1. The Morgan fingerprint density at radius 2 is 1.62 bits per heavy atom. The lowest BCUT2D eigenvalue weighted by molar-refractivity contribution is -0.121.